The lowest BCUT2D eigenvalue weighted by Gasteiger charge is -2.12. The summed E-state index contributed by atoms with van der Waals surface area (Å²) in [7, 11) is 0. The number of hydrogen-bond acceptors (Lipinski definition) is 4. The molecule has 0 radical (unpaired) electrons. The first kappa shape index (κ1) is 17.3. The first-order valence-corrected chi connectivity index (χ1v) is 7.78. The molecule has 0 aliphatic carbocycles. The van der Waals surface area contributed by atoms with Gasteiger partial charge < -0.3 is 14.2 Å². The molecule has 118 valence electrons. The fourth-order valence-electron chi connectivity index (χ4n) is 1.86. The second kappa shape index (κ2) is 11.0. The summed E-state index contributed by atoms with van der Waals surface area (Å²) in [5.74, 6) is 1.47. The highest BCUT2D eigenvalue weighted by Crippen LogP contribution is 2.26. The van der Waals surface area contributed by atoms with Crippen LogP contribution in [0.2, 0.25) is 0 Å². The second-order valence-electron chi connectivity index (χ2n) is 4.76. The van der Waals surface area contributed by atoms with Crippen molar-refractivity contribution in [1.82, 2.24) is 0 Å². The Balaban J connectivity index is 2.19. The van der Waals surface area contributed by atoms with Crippen molar-refractivity contribution in [2.75, 3.05) is 19.8 Å². The molecule has 0 unspecified atom stereocenters. The average molecular weight is 294 g/mol. The fraction of sp³-hybridized carbons (Fsp3) is 0.588. The predicted molar refractivity (Wildman–Crippen MR) is 82.8 cm³/mol. The molecular formula is C17H26O4. The van der Waals surface area contributed by atoms with Crippen LogP contribution in [0.5, 0.6) is 11.5 Å². The number of hydrogen-bond donors (Lipinski definition) is 0. The van der Waals surface area contributed by atoms with Crippen LogP contribution in [0.1, 0.15) is 46.0 Å². The summed E-state index contributed by atoms with van der Waals surface area (Å²) in [5.41, 5.74) is 0. The monoisotopic (exact) mass is 294 g/mol. The second-order valence-corrected chi connectivity index (χ2v) is 4.76. The summed E-state index contributed by atoms with van der Waals surface area (Å²) >= 11 is 0. The summed E-state index contributed by atoms with van der Waals surface area (Å²) < 4.78 is 16.3. The van der Waals surface area contributed by atoms with Gasteiger partial charge in [-0.1, -0.05) is 19.1 Å². The van der Waals surface area contributed by atoms with Crippen LogP contribution in [0.25, 0.3) is 0 Å². The average Bonchev–Trinajstić information content (AvgIpc) is 2.50. The molecule has 4 nitrogen and oxygen atoms in total. The van der Waals surface area contributed by atoms with Crippen molar-refractivity contribution in [2.24, 2.45) is 0 Å². The molecular weight excluding hydrogens is 268 g/mol. The fourth-order valence-corrected chi connectivity index (χ4v) is 1.86. The number of unbranched alkanes of at least 4 members (excludes halogenated alkanes) is 2. The van der Waals surface area contributed by atoms with Gasteiger partial charge in [-0.05, 0) is 44.7 Å². The first-order chi connectivity index (χ1) is 10.3. The van der Waals surface area contributed by atoms with E-state index in [2.05, 4.69) is 6.92 Å². The minimum absolute atomic E-state index is 0.114. The van der Waals surface area contributed by atoms with Crippen LogP contribution < -0.4 is 9.47 Å². The third-order valence-electron chi connectivity index (χ3n) is 2.90. The topological polar surface area (TPSA) is 44.8 Å². The van der Waals surface area contributed by atoms with E-state index in [0.29, 0.717) is 26.2 Å². The summed E-state index contributed by atoms with van der Waals surface area (Å²) in [6.45, 7) is 5.68. The quantitative estimate of drug-likeness (QED) is 0.457. The molecule has 0 saturated heterocycles. The van der Waals surface area contributed by atoms with E-state index in [9.17, 15) is 4.79 Å². The number of rotatable bonds is 11. The van der Waals surface area contributed by atoms with Gasteiger partial charge in [-0.2, -0.15) is 0 Å². The van der Waals surface area contributed by atoms with Gasteiger partial charge in [-0.25, -0.2) is 0 Å². The lowest BCUT2D eigenvalue weighted by atomic mass is 10.2. The Morgan fingerprint density at radius 3 is 2.24 bits per heavy atom. The van der Waals surface area contributed by atoms with Crippen molar-refractivity contribution >= 4 is 5.97 Å². The SMILES string of the molecule is CCCOc1ccccc1OCCCCCC(=O)OCC. The van der Waals surface area contributed by atoms with E-state index in [1.807, 2.05) is 31.2 Å². The number of carbonyl (C=O) groups excluding carboxylic acids is 1. The largest absolute Gasteiger partial charge is 0.490 e. The molecule has 0 atom stereocenters. The summed E-state index contributed by atoms with van der Waals surface area (Å²) in [4.78, 5) is 11.2. The van der Waals surface area contributed by atoms with E-state index in [1.54, 1.807) is 0 Å². The molecule has 0 fully saturated rings. The van der Waals surface area contributed by atoms with Gasteiger partial charge in [0.05, 0.1) is 19.8 Å². The zero-order valence-corrected chi connectivity index (χ0v) is 13.1. The van der Waals surface area contributed by atoms with E-state index in [-0.39, 0.29) is 5.97 Å². The molecule has 0 aliphatic rings. The van der Waals surface area contributed by atoms with Crippen molar-refractivity contribution in [1.29, 1.82) is 0 Å². The number of esters is 1. The molecule has 1 aromatic rings. The van der Waals surface area contributed by atoms with Gasteiger partial charge in [-0.15, -0.1) is 0 Å². The van der Waals surface area contributed by atoms with Crippen LogP contribution in [0.15, 0.2) is 24.3 Å². The van der Waals surface area contributed by atoms with Crippen LogP contribution in [-0.2, 0) is 9.53 Å². The highest BCUT2D eigenvalue weighted by Gasteiger charge is 2.04. The third kappa shape index (κ3) is 7.59. The van der Waals surface area contributed by atoms with Gasteiger partial charge in [0, 0.05) is 6.42 Å². The van der Waals surface area contributed by atoms with Gasteiger partial charge in [0.25, 0.3) is 0 Å². The standard InChI is InChI=1S/C17H26O4/c1-3-13-20-15-10-7-8-11-16(15)21-14-9-5-6-12-17(18)19-4-2/h7-8,10-11H,3-6,9,12-14H2,1-2H3. The molecule has 21 heavy (non-hydrogen) atoms. The van der Waals surface area contributed by atoms with Crippen molar-refractivity contribution in [2.45, 2.75) is 46.0 Å². The Labute approximate surface area is 127 Å². The smallest absolute Gasteiger partial charge is 0.305 e. The van der Waals surface area contributed by atoms with E-state index in [0.717, 1.165) is 37.2 Å². The van der Waals surface area contributed by atoms with Crippen LogP contribution in [0.3, 0.4) is 0 Å². The maximum atomic E-state index is 11.2. The Morgan fingerprint density at radius 2 is 1.62 bits per heavy atom. The lowest BCUT2D eigenvalue weighted by molar-refractivity contribution is -0.143. The number of benzene rings is 1. The first-order valence-electron chi connectivity index (χ1n) is 7.78. The molecule has 0 amide bonds. The number of para-hydroxylation sites is 2. The Bertz CT molecular complexity index is 404. The highest BCUT2D eigenvalue weighted by atomic mass is 16.5. The molecule has 0 aromatic heterocycles. The molecule has 0 saturated carbocycles. The van der Waals surface area contributed by atoms with Crippen LogP contribution >= 0.6 is 0 Å². The van der Waals surface area contributed by atoms with Crippen molar-refractivity contribution < 1.29 is 19.0 Å². The number of carbonyl (C=O) groups is 1. The van der Waals surface area contributed by atoms with E-state index in [1.165, 1.54) is 0 Å². The molecule has 1 aromatic carbocycles. The Kier molecular flexibility index (Phi) is 9.09. The van der Waals surface area contributed by atoms with Crippen LogP contribution in [0, 0.1) is 0 Å². The maximum absolute atomic E-state index is 11.2. The summed E-state index contributed by atoms with van der Waals surface area (Å²) in [5, 5.41) is 0. The Morgan fingerprint density at radius 1 is 0.952 bits per heavy atom. The molecule has 0 spiro atoms. The minimum Gasteiger partial charge on any atom is -0.490 e. The van der Waals surface area contributed by atoms with Gasteiger partial charge in [0.15, 0.2) is 11.5 Å². The van der Waals surface area contributed by atoms with Crippen LogP contribution in [0.4, 0.5) is 0 Å². The van der Waals surface area contributed by atoms with Crippen molar-refractivity contribution in [3.05, 3.63) is 24.3 Å². The van der Waals surface area contributed by atoms with E-state index in [4.69, 9.17) is 14.2 Å². The van der Waals surface area contributed by atoms with Crippen LogP contribution in [-0.4, -0.2) is 25.8 Å². The predicted octanol–water partition coefficient (Wildman–Crippen LogP) is 3.98. The van der Waals surface area contributed by atoms with Gasteiger partial charge >= 0.3 is 5.97 Å². The molecule has 0 N–H and O–H groups in total. The normalized spacial score (nSPS) is 10.2. The number of ether oxygens (including phenoxy) is 3. The minimum atomic E-state index is -0.114. The van der Waals surface area contributed by atoms with Crippen molar-refractivity contribution in [3.8, 4) is 11.5 Å². The van der Waals surface area contributed by atoms with E-state index >= 15 is 0 Å². The third-order valence-corrected chi connectivity index (χ3v) is 2.90. The molecule has 4 heteroatoms. The van der Waals surface area contributed by atoms with Crippen molar-refractivity contribution in [3.63, 3.8) is 0 Å². The lowest BCUT2D eigenvalue weighted by Crippen LogP contribution is -2.04. The molecule has 0 heterocycles. The molecule has 1 rings (SSSR count). The Hall–Kier alpha value is -1.71. The summed E-state index contributed by atoms with van der Waals surface area (Å²) in [6, 6.07) is 7.72. The van der Waals surface area contributed by atoms with Gasteiger partial charge in [0.1, 0.15) is 0 Å². The zero-order chi connectivity index (χ0) is 15.3. The van der Waals surface area contributed by atoms with Gasteiger partial charge in [-0.3, -0.25) is 4.79 Å². The molecule has 0 aliphatic heterocycles. The highest BCUT2D eigenvalue weighted by molar-refractivity contribution is 5.69. The maximum Gasteiger partial charge on any atom is 0.305 e. The van der Waals surface area contributed by atoms with Gasteiger partial charge in [0.2, 0.25) is 0 Å². The van der Waals surface area contributed by atoms with E-state index < -0.39 is 0 Å². The molecule has 0 bridgehead atoms. The zero-order valence-electron chi connectivity index (χ0n) is 13.1. The summed E-state index contributed by atoms with van der Waals surface area (Å²) in [6.07, 6.45) is 4.18.